The molecule has 7 heteroatoms. The maximum Gasteiger partial charge on any atom is 0.320 e. The van der Waals surface area contributed by atoms with E-state index in [1.54, 1.807) is 0 Å². The normalized spacial score (nSPS) is 45.1. The second-order valence-corrected chi connectivity index (χ2v) is 9.94. The van der Waals surface area contributed by atoms with E-state index in [1.165, 1.54) is 6.92 Å². The monoisotopic (exact) mass is 404 g/mol. The fourth-order valence-corrected chi connectivity index (χ4v) is 6.91. The van der Waals surface area contributed by atoms with Crippen molar-refractivity contribution in [2.24, 2.45) is 34.0 Å². The van der Waals surface area contributed by atoms with E-state index in [0.29, 0.717) is 24.8 Å². The molecule has 2 bridgehead atoms. The predicted molar refractivity (Wildman–Crippen MR) is 100 cm³/mol. The summed E-state index contributed by atoms with van der Waals surface area (Å²) in [6, 6.07) is 0. The van der Waals surface area contributed by atoms with Crippen molar-refractivity contribution in [2.45, 2.75) is 58.7 Å². The van der Waals surface area contributed by atoms with Crippen LogP contribution in [0.1, 0.15) is 46.5 Å². The van der Waals surface area contributed by atoms with Crippen molar-refractivity contribution < 1.29 is 33.8 Å². The molecule has 29 heavy (non-hydrogen) atoms. The van der Waals surface area contributed by atoms with Gasteiger partial charge in [0.25, 0.3) is 0 Å². The fraction of sp³-hybridized carbons (Fsp3) is 0.727. The van der Waals surface area contributed by atoms with Crippen molar-refractivity contribution in [3.63, 3.8) is 0 Å². The van der Waals surface area contributed by atoms with Crippen LogP contribution in [-0.4, -0.2) is 47.9 Å². The number of ether oxygens (including phenoxy) is 2. The molecule has 0 radical (unpaired) electrons. The second kappa shape index (κ2) is 6.24. The Labute approximate surface area is 169 Å². The van der Waals surface area contributed by atoms with Crippen LogP contribution in [0.2, 0.25) is 0 Å². The minimum atomic E-state index is -1.56. The first-order valence-electron chi connectivity index (χ1n) is 10.2. The summed E-state index contributed by atoms with van der Waals surface area (Å²) in [6.07, 6.45) is 0.754. The highest BCUT2D eigenvalue weighted by Gasteiger charge is 2.77. The maximum atomic E-state index is 13.3. The molecule has 0 unspecified atom stereocenters. The first kappa shape index (κ1) is 20.3. The number of carbonyl (C=O) groups excluding carboxylic acids is 4. The lowest BCUT2D eigenvalue weighted by atomic mass is 9.43. The lowest BCUT2D eigenvalue weighted by molar-refractivity contribution is -0.261. The van der Waals surface area contributed by atoms with Crippen LogP contribution in [0.15, 0.2) is 12.2 Å². The third-order valence-corrected chi connectivity index (χ3v) is 8.13. The van der Waals surface area contributed by atoms with Crippen molar-refractivity contribution in [2.75, 3.05) is 6.61 Å². The summed E-state index contributed by atoms with van der Waals surface area (Å²) in [4.78, 5) is 50.7. The minimum Gasteiger partial charge on any atom is -0.465 e. The Bertz CT molecular complexity index is 814. The molecule has 0 aromatic rings. The molecule has 7 atom stereocenters. The number of hydrogen-bond acceptors (Lipinski definition) is 7. The zero-order chi connectivity index (χ0) is 21.4. The number of aliphatic hydroxyl groups excluding tert-OH is 1. The van der Waals surface area contributed by atoms with Crippen LogP contribution in [0, 0.1) is 34.0 Å². The molecule has 4 rings (SSSR count). The molecule has 1 saturated heterocycles. The van der Waals surface area contributed by atoms with Crippen LogP contribution < -0.4 is 0 Å². The highest BCUT2D eigenvalue weighted by Crippen LogP contribution is 2.68. The number of hydrogen-bond donors (Lipinski definition) is 1. The summed E-state index contributed by atoms with van der Waals surface area (Å²) >= 11 is 0. The molecule has 1 heterocycles. The Hall–Kier alpha value is -2.02. The second-order valence-electron chi connectivity index (χ2n) is 9.94. The van der Waals surface area contributed by atoms with Gasteiger partial charge in [-0.25, -0.2) is 0 Å². The Balaban J connectivity index is 1.96. The first-order chi connectivity index (χ1) is 13.5. The smallest absolute Gasteiger partial charge is 0.320 e. The van der Waals surface area contributed by atoms with Crippen LogP contribution in [0.3, 0.4) is 0 Å². The minimum absolute atomic E-state index is 0.180. The van der Waals surface area contributed by atoms with Gasteiger partial charge in [0, 0.05) is 18.8 Å². The molecule has 0 amide bonds. The number of ketones is 1. The van der Waals surface area contributed by atoms with Gasteiger partial charge in [0.1, 0.15) is 24.4 Å². The van der Waals surface area contributed by atoms with Gasteiger partial charge in [-0.1, -0.05) is 20.4 Å². The molecule has 1 spiro atoms. The lowest BCUT2D eigenvalue weighted by Crippen LogP contribution is -2.72. The van der Waals surface area contributed by atoms with Crippen molar-refractivity contribution >= 4 is 24.0 Å². The number of Topliss-reactive ketones (excluding diaryl/α,β-unsaturated/α-hetero) is 1. The summed E-state index contributed by atoms with van der Waals surface area (Å²) in [7, 11) is 0. The van der Waals surface area contributed by atoms with Crippen molar-refractivity contribution in [1.29, 1.82) is 0 Å². The molecule has 0 aromatic carbocycles. The Morgan fingerprint density at radius 2 is 2.07 bits per heavy atom. The summed E-state index contributed by atoms with van der Waals surface area (Å²) in [5.41, 5.74) is -2.86. The van der Waals surface area contributed by atoms with Gasteiger partial charge in [0.15, 0.2) is 5.78 Å². The lowest BCUT2D eigenvalue weighted by Gasteiger charge is -2.63. The van der Waals surface area contributed by atoms with Crippen LogP contribution in [-0.2, 0) is 28.7 Å². The zero-order valence-electron chi connectivity index (χ0n) is 17.1. The Kier molecular flexibility index (Phi) is 4.36. The van der Waals surface area contributed by atoms with Crippen molar-refractivity contribution in [3.05, 3.63) is 12.2 Å². The summed E-state index contributed by atoms with van der Waals surface area (Å²) in [5, 5.41) is 11.2. The van der Waals surface area contributed by atoms with Gasteiger partial charge in [-0.15, -0.1) is 0 Å². The standard InChI is InChI=1S/C22H28O7/c1-11-13-7-14(25)17-21(8-13,18(11)26)19(27)29-16-5-6-20(3,4)15(9-23)22(16,17)10-28-12(2)24/h9,13-17,25H,1,5-8,10H2,2-4H3/t13-,14-,15-,16+,17-,21+,22+/m1/s1. The molecule has 4 fully saturated rings. The van der Waals surface area contributed by atoms with E-state index in [1.807, 2.05) is 13.8 Å². The molecule has 4 aliphatic rings. The molecule has 158 valence electrons. The first-order valence-corrected chi connectivity index (χ1v) is 10.2. The third kappa shape index (κ3) is 2.39. The maximum absolute atomic E-state index is 13.3. The number of aldehydes is 1. The molecule has 1 aliphatic heterocycles. The number of rotatable bonds is 3. The molecular weight excluding hydrogens is 376 g/mol. The molecule has 7 nitrogen and oxygen atoms in total. The largest absolute Gasteiger partial charge is 0.465 e. The fourth-order valence-electron chi connectivity index (χ4n) is 6.91. The third-order valence-electron chi connectivity index (χ3n) is 8.13. The Morgan fingerprint density at radius 3 is 2.69 bits per heavy atom. The molecule has 1 N–H and O–H groups in total. The Morgan fingerprint density at radius 1 is 1.38 bits per heavy atom. The van der Waals surface area contributed by atoms with E-state index >= 15 is 0 Å². The number of allylic oxidation sites excluding steroid dienone is 1. The van der Waals surface area contributed by atoms with Gasteiger partial charge in [0.05, 0.1) is 11.5 Å². The van der Waals surface area contributed by atoms with E-state index < -0.39 is 58.0 Å². The van der Waals surface area contributed by atoms with Crippen LogP contribution in [0.25, 0.3) is 0 Å². The molecular formula is C22H28O7. The van der Waals surface area contributed by atoms with Crippen molar-refractivity contribution in [1.82, 2.24) is 0 Å². The number of carbonyl (C=O) groups is 4. The summed E-state index contributed by atoms with van der Waals surface area (Å²) in [6.45, 7) is 8.88. The van der Waals surface area contributed by atoms with Crippen LogP contribution in [0.4, 0.5) is 0 Å². The molecule has 3 aliphatic carbocycles. The number of esters is 2. The highest BCUT2D eigenvalue weighted by atomic mass is 16.6. The van der Waals surface area contributed by atoms with E-state index in [9.17, 15) is 24.3 Å². The SMILES string of the molecule is C=C1C(=O)[C@]23C[C@H]1C[C@@H](O)[C@H]2[C@]1(COC(C)=O)[C@H](CCC(C)(C)[C@H]1C=O)OC3=O. The number of fused-ring (bicyclic) bond motifs is 3. The van der Waals surface area contributed by atoms with E-state index in [2.05, 4.69) is 6.58 Å². The summed E-state index contributed by atoms with van der Waals surface area (Å²) in [5.74, 6) is -3.36. The van der Waals surface area contributed by atoms with Gasteiger partial charge in [-0.2, -0.15) is 0 Å². The summed E-state index contributed by atoms with van der Waals surface area (Å²) < 4.78 is 11.3. The topological polar surface area (TPSA) is 107 Å². The molecule has 3 saturated carbocycles. The quantitative estimate of drug-likeness (QED) is 0.330. The van der Waals surface area contributed by atoms with Gasteiger partial charge in [-0.3, -0.25) is 14.4 Å². The van der Waals surface area contributed by atoms with Crippen LogP contribution >= 0.6 is 0 Å². The van der Waals surface area contributed by atoms with Gasteiger partial charge >= 0.3 is 11.9 Å². The van der Waals surface area contributed by atoms with E-state index in [-0.39, 0.29) is 18.9 Å². The average Bonchev–Trinajstić information content (AvgIpc) is 2.83. The highest BCUT2D eigenvalue weighted by molar-refractivity contribution is 6.15. The van der Waals surface area contributed by atoms with Crippen LogP contribution in [0.5, 0.6) is 0 Å². The van der Waals surface area contributed by atoms with Gasteiger partial charge in [-0.05, 0) is 42.6 Å². The van der Waals surface area contributed by atoms with Gasteiger partial charge in [0.2, 0.25) is 0 Å². The van der Waals surface area contributed by atoms with E-state index in [4.69, 9.17) is 9.47 Å². The van der Waals surface area contributed by atoms with Crippen molar-refractivity contribution in [3.8, 4) is 0 Å². The van der Waals surface area contributed by atoms with Gasteiger partial charge < -0.3 is 19.4 Å². The average molecular weight is 404 g/mol. The zero-order valence-corrected chi connectivity index (χ0v) is 17.1. The number of aliphatic hydroxyl groups is 1. The predicted octanol–water partition coefficient (Wildman–Crippen LogP) is 1.61. The van der Waals surface area contributed by atoms with E-state index in [0.717, 1.165) is 6.29 Å². The molecule has 0 aromatic heterocycles.